The van der Waals surface area contributed by atoms with Crippen molar-refractivity contribution in [2.24, 2.45) is 0 Å². The summed E-state index contributed by atoms with van der Waals surface area (Å²) >= 11 is 0. The minimum Gasteiger partial charge on any atom is -0.479 e. The fourth-order valence-corrected chi connectivity index (χ4v) is 3.76. The monoisotopic (exact) mass is 480 g/mol. The van der Waals surface area contributed by atoms with Gasteiger partial charge in [-0.2, -0.15) is 13.2 Å². The van der Waals surface area contributed by atoms with E-state index in [9.17, 15) is 27.6 Å². The topological polar surface area (TPSA) is 125 Å². The van der Waals surface area contributed by atoms with Crippen molar-refractivity contribution in [2.45, 2.75) is 37.1 Å². The third kappa shape index (κ3) is 6.04. The number of aliphatic hydroxyl groups excluding tert-OH is 1. The first-order chi connectivity index (χ1) is 16.1. The third-order valence-corrected chi connectivity index (χ3v) is 5.47. The van der Waals surface area contributed by atoms with E-state index >= 15 is 0 Å². The second kappa shape index (κ2) is 10.6. The van der Waals surface area contributed by atoms with Crippen LogP contribution in [0, 0.1) is 0 Å². The fourth-order valence-electron chi connectivity index (χ4n) is 3.76. The normalized spacial score (nSPS) is 14.5. The highest BCUT2D eigenvalue weighted by molar-refractivity contribution is 5.79. The minimum atomic E-state index is -4.84. The van der Waals surface area contributed by atoms with Crippen molar-refractivity contribution in [1.82, 2.24) is 10.6 Å². The van der Waals surface area contributed by atoms with E-state index < -0.39 is 55.7 Å². The molecule has 34 heavy (non-hydrogen) atoms. The number of fused-ring (bicyclic) bond motifs is 3. The van der Waals surface area contributed by atoms with E-state index in [1.165, 1.54) is 0 Å². The van der Waals surface area contributed by atoms with E-state index in [4.69, 9.17) is 14.9 Å². The van der Waals surface area contributed by atoms with Crippen molar-refractivity contribution in [3.05, 3.63) is 59.7 Å². The van der Waals surface area contributed by atoms with Gasteiger partial charge in [-0.05, 0) is 28.7 Å². The van der Waals surface area contributed by atoms with Gasteiger partial charge in [0.15, 0.2) is 6.10 Å². The van der Waals surface area contributed by atoms with Crippen LogP contribution in [0.3, 0.4) is 0 Å². The molecule has 2 atom stereocenters. The van der Waals surface area contributed by atoms with Crippen LogP contribution in [0.2, 0.25) is 0 Å². The van der Waals surface area contributed by atoms with Gasteiger partial charge in [-0.25, -0.2) is 9.59 Å². The molecule has 11 heteroatoms. The third-order valence-electron chi connectivity index (χ3n) is 5.47. The Bertz CT molecular complexity index is 1010. The summed E-state index contributed by atoms with van der Waals surface area (Å²) in [5.41, 5.74) is 3.76. The van der Waals surface area contributed by atoms with Crippen LogP contribution in [0.5, 0.6) is 0 Å². The Balaban J connectivity index is 1.57. The molecule has 0 saturated heterocycles. The Labute approximate surface area is 192 Å². The van der Waals surface area contributed by atoms with Crippen molar-refractivity contribution in [1.29, 1.82) is 0 Å². The summed E-state index contributed by atoms with van der Waals surface area (Å²) in [4.78, 5) is 34.4. The number of hydrogen-bond acceptors (Lipinski definition) is 5. The molecule has 0 fully saturated rings. The number of aliphatic hydroxyl groups is 1. The Morgan fingerprint density at radius 3 is 2.09 bits per heavy atom. The highest BCUT2D eigenvalue weighted by Crippen LogP contribution is 2.44. The molecule has 3 rings (SSSR count). The zero-order chi connectivity index (χ0) is 24.9. The number of ether oxygens (including phenoxy) is 1. The summed E-state index contributed by atoms with van der Waals surface area (Å²) in [7, 11) is 0. The molecule has 4 N–H and O–H groups in total. The molecule has 8 nitrogen and oxygen atoms in total. The van der Waals surface area contributed by atoms with Crippen molar-refractivity contribution in [2.75, 3.05) is 13.2 Å². The molecule has 1 aliphatic carbocycles. The van der Waals surface area contributed by atoms with Crippen LogP contribution >= 0.6 is 0 Å². The lowest BCUT2D eigenvalue weighted by atomic mass is 9.98. The van der Waals surface area contributed by atoms with Crippen molar-refractivity contribution >= 4 is 18.0 Å². The molecule has 1 aliphatic rings. The van der Waals surface area contributed by atoms with E-state index in [-0.39, 0.29) is 12.5 Å². The molecule has 0 heterocycles. The maximum atomic E-state index is 13.4. The summed E-state index contributed by atoms with van der Waals surface area (Å²) in [5.74, 6) is -2.80. The van der Waals surface area contributed by atoms with Gasteiger partial charge in [-0.1, -0.05) is 48.5 Å². The van der Waals surface area contributed by atoms with Crippen LogP contribution < -0.4 is 10.6 Å². The molecule has 182 valence electrons. The van der Waals surface area contributed by atoms with E-state index in [0.717, 1.165) is 22.3 Å². The van der Waals surface area contributed by atoms with Gasteiger partial charge < -0.3 is 25.6 Å². The number of rotatable bonds is 9. The number of amides is 2. The molecule has 0 aromatic heterocycles. The molecule has 2 aromatic carbocycles. The van der Waals surface area contributed by atoms with Crippen LogP contribution in [-0.4, -0.2) is 59.7 Å². The lowest BCUT2D eigenvalue weighted by molar-refractivity contribution is -0.156. The average molecular weight is 480 g/mol. The highest BCUT2D eigenvalue weighted by Gasteiger charge is 2.41. The fraction of sp³-hybridized carbons (Fsp3) is 0.348. The van der Waals surface area contributed by atoms with Gasteiger partial charge in [-0.15, -0.1) is 0 Å². The number of carbonyl (C=O) groups excluding carboxylic acids is 2. The van der Waals surface area contributed by atoms with Crippen LogP contribution in [-0.2, 0) is 14.3 Å². The predicted octanol–water partition coefficient (Wildman–Crippen LogP) is 2.80. The molecule has 0 unspecified atom stereocenters. The number of alkyl halides is 3. The Hall–Kier alpha value is -3.60. The number of hydrogen-bond donors (Lipinski definition) is 4. The summed E-state index contributed by atoms with van der Waals surface area (Å²) in [5, 5.41) is 21.4. The number of alkyl carbamates (subject to hydrolysis) is 1. The second-order valence-electron chi connectivity index (χ2n) is 7.76. The van der Waals surface area contributed by atoms with Crippen molar-refractivity contribution < 1.29 is 42.5 Å². The van der Waals surface area contributed by atoms with Crippen LogP contribution in [0.4, 0.5) is 18.0 Å². The maximum Gasteiger partial charge on any atom is 0.408 e. The number of aliphatic carboxylic acids is 1. The van der Waals surface area contributed by atoms with Gasteiger partial charge in [0.05, 0.1) is 6.54 Å². The molecule has 0 spiro atoms. The van der Waals surface area contributed by atoms with Crippen molar-refractivity contribution in [3.8, 4) is 11.1 Å². The lowest BCUT2D eigenvalue weighted by Crippen LogP contribution is -2.46. The standard InChI is InChI=1S/C23H23F3N2O6/c24-23(25,26)19(9-10-20(30)27-11-18(29)21(31)32)28-22(33)34-12-17-15-7-3-1-5-13(15)14-6-2-4-8-16(14)17/h1-8,17-19,29H,9-12H2,(H,27,30)(H,28,33)(H,31,32)/t18-,19-/m0/s1. The summed E-state index contributed by atoms with van der Waals surface area (Å²) in [6.07, 6.45) is -9.43. The summed E-state index contributed by atoms with van der Waals surface area (Å²) in [6, 6.07) is 12.7. The zero-order valence-corrected chi connectivity index (χ0v) is 17.8. The molecule has 2 amide bonds. The number of benzene rings is 2. The van der Waals surface area contributed by atoms with Gasteiger partial charge in [0, 0.05) is 12.3 Å². The van der Waals surface area contributed by atoms with Gasteiger partial charge in [0.25, 0.3) is 0 Å². The SMILES string of the molecule is O=C(CC[C@H](NC(=O)OCC1c2ccccc2-c2ccccc21)C(F)(F)F)NC[C@H](O)C(=O)O. The van der Waals surface area contributed by atoms with Gasteiger partial charge in [-0.3, -0.25) is 4.79 Å². The highest BCUT2D eigenvalue weighted by atomic mass is 19.4. The Morgan fingerprint density at radius 2 is 1.56 bits per heavy atom. The summed E-state index contributed by atoms with van der Waals surface area (Å²) < 4.78 is 45.2. The Kier molecular flexibility index (Phi) is 7.77. The van der Waals surface area contributed by atoms with E-state index in [1.54, 1.807) is 5.32 Å². The van der Waals surface area contributed by atoms with E-state index in [1.807, 2.05) is 53.8 Å². The zero-order valence-electron chi connectivity index (χ0n) is 17.8. The predicted molar refractivity (Wildman–Crippen MR) is 114 cm³/mol. The molecule has 0 saturated carbocycles. The molecular weight excluding hydrogens is 457 g/mol. The molecule has 0 radical (unpaired) electrons. The number of carboxylic acid groups (broad SMARTS) is 1. The van der Waals surface area contributed by atoms with Crippen LogP contribution in [0.25, 0.3) is 11.1 Å². The first-order valence-corrected chi connectivity index (χ1v) is 10.4. The van der Waals surface area contributed by atoms with Crippen LogP contribution in [0.1, 0.15) is 29.9 Å². The molecule has 2 aromatic rings. The molecule has 0 aliphatic heterocycles. The summed E-state index contributed by atoms with van der Waals surface area (Å²) in [6.45, 7) is -0.817. The second-order valence-corrected chi connectivity index (χ2v) is 7.76. The molecule has 0 bridgehead atoms. The Morgan fingerprint density at radius 1 is 1.00 bits per heavy atom. The number of halogens is 3. The first kappa shape index (κ1) is 25.0. The number of nitrogens with one attached hydrogen (secondary N) is 2. The maximum absolute atomic E-state index is 13.4. The number of carbonyl (C=O) groups is 3. The first-order valence-electron chi connectivity index (χ1n) is 10.4. The average Bonchev–Trinajstić information content (AvgIpc) is 3.11. The lowest BCUT2D eigenvalue weighted by Gasteiger charge is -2.22. The van der Waals surface area contributed by atoms with E-state index in [2.05, 4.69) is 0 Å². The van der Waals surface area contributed by atoms with Gasteiger partial charge >= 0.3 is 18.2 Å². The number of carboxylic acids is 1. The molecular formula is C23H23F3N2O6. The van der Waals surface area contributed by atoms with E-state index in [0.29, 0.717) is 0 Å². The largest absolute Gasteiger partial charge is 0.479 e. The minimum absolute atomic E-state index is 0.169. The smallest absolute Gasteiger partial charge is 0.408 e. The van der Waals surface area contributed by atoms with Gasteiger partial charge in [0.2, 0.25) is 5.91 Å². The quantitative estimate of drug-likeness (QED) is 0.438. The van der Waals surface area contributed by atoms with Crippen molar-refractivity contribution in [3.63, 3.8) is 0 Å². The van der Waals surface area contributed by atoms with Crippen LogP contribution in [0.15, 0.2) is 48.5 Å². The van der Waals surface area contributed by atoms with Gasteiger partial charge in [0.1, 0.15) is 12.6 Å².